The van der Waals surface area contributed by atoms with Crippen LogP contribution in [0.5, 0.6) is 0 Å². The Morgan fingerprint density at radius 1 is 0.938 bits per heavy atom. The molecule has 0 bridgehead atoms. The van der Waals surface area contributed by atoms with Gasteiger partial charge in [-0.2, -0.15) is 0 Å². The fourth-order valence-corrected chi connectivity index (χ4v) is 1.82. The smallest absolute Gasteiger partial charge is 0.158 e. The van der Waals surface area contributed by atoms with E-state index in [1.807, 2.05) is 41.2 Å². The summed E-state index contributed by atoms with van der Waals surface area (Å²) in [5, 5.41) is 0. The first-order valence-electron chi connectivity index (χ1n) is 5.24. The molecule has 0 spiro atoms. The van der Waals surface area contributed by atoms with E-state index in [0.29, 0.717) is 0 Å². The number of hydrogen-bond acceptors (Lipinski definition) is 2. The predicted molar refractivity (Wildman–Crippen MR) is 62.2 cm³/mol. The molecule has 1 aromatic carbocycles. The van der Waals surface area contributed by atoms with Crippen LogP contribution >= 0.6 is 0 Å². The van der Waals surface area contributed by atoms with Gasteiger partial charge in [-0.25, -0.2) is 4.98 Å². The van der Waals surface area contributed by atoms with Gasteiger partial charge in [0.15, 0.2) is 5.65 Å². The Morgan fingerprint density at radius 2 is 1.69 bits per heavy atom. The van der Waals surface area contributed by atoms with E-state index in [4.69, 9.17) is 0 Å². The van der Waals surface area contributed by atoms with E-state index in [0.717, 1.165) is 17.8 Å². The van der Waals surface area contributed by atoms with Crippen molar-refractivity contribution in [1.29, 1.82) is 0 Å². The molecule has 3 aromatic rings. The number of benzene rings is 1. The average Bonchev–Trinajstić information content (AvgIpc) is 2.80. The minimum atomic E-state index is 0.822. The first-order valence-corrected chi connectivity index (χ1v) is 5.24. The molecule has 3 nitrogen and oxygen atoms in total. The van der Waals surface area contributed by atoms with Crippen molar-refractivity contribution in [1.82, 2.24) is 14.4 Å². The van der Waals surface area contributed by atoms with Gasteiger partial charge in [-0.05, 0) is 5.56 Å². The Labute approximate surface area is 93.4 Å². The highest BCUT2D eigenvalue weighted by molar-refractivity contribution is 5.45. The molecule has 0 aliphatic rings. The monoisotopic (exact) mass is 209 g/mol. The van der Waals surface area contributed by atoms with Crippen LogP contribution in [-0.4, -0.2) is 14.4 Å². The lowest BCUT2D eigenvalue weighted by molar-refractivity contribution is 1.02. The van der Waals surface area contributed by atoms with Crippen LogP contribution in [0.15, 0.2) is 55.1 Å². The van der Waals surface area contributed by atoms with Crippen LogP contribution < -0.4 is 0 Å². The predicted octanol–water partition coefficient (Wildman–Crippen LogP) is 2.32. The highest BCUT2D eigenvalue weighted by Gasteiger charge is 2.04. The zero-order valence-electron chi connectivity index (χ0n) is 8.74. The van der Waals surface area contributed by atoms with E-state index in [9.17, 15) is 0 Å². The Balaban J connectivity index is 2.04. The second kappa shape index (κ2) is 3.77. The maximum absolute atomic E-state index is 4.39. The molecule has 0 saturated heterocycles. The molecule has 3 heteroatoms. The van der Waals surface area contributed by atoms with Crippen LogP contribution in [0.3, 0.4) is 0 Å². The normalized spacial score (nSPS) is 10.8. The Kier molecular flexibility index (Phi) is 2.14. The molecule has 78 valence electrons. The number of aromatic nitrogens is 3. The minimum Gasteiger partial charge on any atom is -0.304 e. The van der Waals surface area contributed by atoms with Crippen molar-refractivity contribution in [3.05, 3.63) is 66.4 Å². The quantitative estimate of drug-likeness (QED) is 0.648. The highest BCUT2D eigenvalue weighted by Crippen LogP contribution is 2.11. The van der Waals surface area contributed by atoms with Gasteiger partial charge in [0.2, 0.25) is 0 Å². The van der Waals surface area contributed by atoms with Crippen LogP contribution in [0.1, 0.15) is 11.3 Å². The van der Waals surface area contributed by atoms with Crippen molar-refractivity contribution in [2.45, 2.75) is 6.42 Å². The van der Waals surface area contributed by atoms with Gasteiger partial charge in [0.25, 0.3) is 0 Å². The molecule has 0 aliphatic carbocycles. The number of imidazole rings is 1. The third-order valence-corrected chi connectivity index (χ3v) is 2.60. The second-order valence-electron chi connectivity index (χ2n) is 3.69. The van der Waals surface area contributed by atoms with Gasteiger partial charge < -0.3 is 4.40 Å². The summed E-state index contributed by atoms with van der Waals surface area (Å²) in [5.41, 5.74) is 3.20. The first kappa shape index (κ1) is 9.09. The topological polar surface area (TPSA) is 30.2 Å². The molecular formula is C13H11N3. The molecule has 16 heavy (non-hydrogen) atoms. The molecule has 2 heterocycles. The molecule has 3 rings (SSSR count). The van der Waals surface area contributed by atoms with Crippen molar-refractivity contribution >= 4 is 5.65 Å². The SMILES string of the molecule is c1ccc(Cc2nccn3ccnc23)cc1. The Bertz CT molecular complexity index is 599. The summed E-state index contributed by atoms with van der Waals surface area (Å²) in [4.78, 5) is 8.71. The summed E-state index contributed by atoms with van der Waals surface area (Å²) < 4.78 is 1.99. The first-order chi connectivity index (χ1) is 7.93. The highest BCUT2D eigenvalue weighted by atomic mass is 15.0. The molecule has 0 aliphatic heterocycles. The van der Waals surface area contributed by atoms with Crippen molar-refractivity contribution in [3.63, 3.8) is 0 Å². The third-order valence-electron chi connectivity index (χ3n) is 2.60. The van der Waals surface area contributed by atoms with Crippen LogP contribution in [0.2, 0.25) is 0 Å². The number of hydrogen-bond donors (Lipinski definition) is 0. The minimum absolute atomic E-state index is 0.822. The molecule has 0 unspecified atom stereocenters. The summed E-state index contributed by atoms with van der Waals surface area (Å²) in [5.74, 6) is 0. The van der Waals surface area contributed by atoms with Gasteiger partial charge in [-0.3, -0.25) is 4.98 Å². The van der Waals surface area contributed by atoms with E-state index in [1.165, 1.54) is 5.56 Å². The van der Waals surface area contributed by atoms with Gasteiger partial charge in [0, 0.05) is 31.2 Å². The maximum Gasteiger partial charge on any atom is 0.158 e. The van der Waals surface area contributed by atoms with Crippen molar-refractivity contribution in [2.24, 2.45) is 0 Å². The van der Waals surface area contributed by atoms with Gasteiger partial charge >= 0.3 is 0 Å². The number of fused-ring (bicyclic) bond motifs is 1. The lowest BCUT2D eigenvalue weighted by Gasteiger charge is -2.02. The van der Waals surface area contributed by atoms with E-state index in [1.54, 1.807) is 6.20 Å². The zero-order valence-corrected chi connectivity index (χ0v) is 8.74. The standard InChI is InChI=1S/C13H11N3/c1-2-4-11(5-3-1)10-12-13-15-7-9-16(13)8-6-14-12/h1-9H,10H2. The van der Waals surface area contributed by atoms with Gasteiger partial charge in [-0.15, -0.1) is 0 Å². The molecule has 0 saturated carbocycles. The van der Waals surface area contributed by atoms with Crippen molar-refractivity contribution < 1.29 is 0 Å². The third kappa shape index (κ3) is 1.56. The Morgan fingerprint density at radius 3 is 2.50 bits per heavy atom. The number of nitrogens with zero attached hydrogens (tertiary/aromatic N) is 3. The van der Waals surface area contributed by atoms with Crippen LogP contribution in [0.4, 0.5) is 0 Å². The molecular weight excluding hydrogens is 198 g/mol. The van der Waals surface area contributed by atoms with E-state index >= 15 is 0 Å². The van der Waals surface area contributed by atoms with Gasteiger partial charge in [0.1, 0.15) is 0 Å². The molecule has 2 aromatic heterocycles. The summed E-state index contributed by atoms with van der Waals surface area (Å²) in [6.07, 6.45) is 8.28. The molecule has 0 atom stereocenters. The largest absolute Gasteiger partial charge is 0.304 e. The summed E-state index contributed by atoms with van der Waals surface area (Å²) in [7, 11) is 0. The van der Waals surface area contributed by atoms with Gasteiger partial charge in [0.05, 0.1) is 5.69 Å². The fraction of sp³-hybridized carbons (Fsp3) is 0.0769. The molecule has 0 fully saturated rings. The van der Waals surface area contributed by atoms with Gasteiger partial charge in [-0.1, -0.05) is 30.3 Å². The van der Waals surface area contributed by atoms with Crippen molar-refractivity contribution in [2.75, 3.05) is 0 Å². The lowest BCUT2D eigenvalue weighted by atomic mass is 10.1. The lowest BCUT2D eigenvalue weighted by Crippen LogP contribution is -1.96. The van der Waals surface area contributed by atoms with E-state index in [-0.39, 0.29) is 0 Å². The molecule has 0 amide bonds. The molecule has 0 N–H and O–H groups in total. The van der Waals surface area contributed by atoms with E-state index in [2.05, 4.69) is 22.1 Å². The second-order valence-corrected chi connectivity index (χ2v) is 3.69. The fourth-order valence-electron chi connectivity index (χ4n) is 1.82. The average molecular weight is 209 g/mol. The maximum atomic E-state index is 4.39. The zero-order chi connectivity index (χ0) is 10.8. The number of rotatable bonds is 2. The Hall–Kier alpha value is -2.16. The van der Waals surface area contributed by atoms with Crippen LogP contribution in [0.25, 0.3) is 5.65 Å². The summed E-state index contributed by atoms with van der Waals surface area (Å²) >= 11 is 0. The van der Waals surface area contributed by atoms with Crippen molar-refractivity contribution in [3.8, 4) is 0 Å². The van der Waals surface area contributed by atoms with Crippen LogP contribution in [0, 0.1) is 0 Å². The van der Waals surface area contributed by atoms with Crippen LogP contribution in [-0.2, 0) is 6.42 Å². The summed E-state index contributed by atoms with van der Waals surface area (Å²) in [6, 6.07) is 10.3. The molecule has 0 radical (unpaired) electrons. The summed E-state index contributed by atoms with van der Waals surface area (Å²) in [6.45, 7) is 0. The van der Waals surface area contributed by atoms with E-state index < -0.39 is 0 Å².